The lowest BCUT2D eigenvalue weighted by atomic mass is 10.1. The summed E-state index contributed by atoms with van der Waals surface area (Å²) in [5.41, 5.74) is 6.44. The molecule has 0 saturated heterocycles. The number of benzene rings is 2. The van der Waals surface area contributed by atoms with Gasteiger partial charge in [0.15, 0.2) is 0 Å². The summed E-state index contributed by atoms with van der Waals surface area (Å²) in [6.45, 7) is 0. The molecule has 2 aromatic carbocycles. The average molecular weight is 195 g/mol. The molecule has 0 aliphatic carbocycles. The second-order valence-corrected chi connectivity index (χ2v) is 3.45. The fourth-order valence-corrected chi connectivity index (χ4v) is 1.80. The third-order valence-electron chi connectivity index (χ3n) is 2.51. The highest BCUT2D eigenvalue weighted by Gasteiger charge is 2.01. The molecule has 1 aromatic heterocycles. The van der Waals surface area contributed by atoms with E-state index in [-0.39, 0.29) is 0 Å². The van der Waals surface area contributed by atoms with Gasteiger partial charge in [-0.1, -0.05) is 30.3 Å². The molecular formula is C12H9N3. The lowest BCUT2D eigenvalue weighted by Crippen LogP contribution is -1.94. The van der Waals surface area contributed by atoms with Crippen molar-refractivity contribution in [1.29, 1.82) is 0 Å². The van der Waals surface area contributed by atoms with Gasteiger partial charge in [-0.05, 0) is 16.8 Å². The quantitative estimate of drug-likeness (QED) is 0.560. The molecule has 72 valence electrons. The summed E-state index contributed by atoms with van der Waals surface area (Å²) < 4.78 is 0. The standard InChI is InChI=1S/C12H9N3/c13-12-14-7-10-9-4-2-1-3-8(9)5-6-11(10)15-12/h1-7H,(H2,13,14,15). The molecule has 0 aliphatic rings. The molecule has 3 nitrogen and oxygen atoms in total. The second kappa shape index (κ2) is 2.92. The molecule has 0 bridgehead atoms. The molecule has 3 heteroatoms. The molecule has 0 atom stereocenters. The molecule has 0 aliphatic heterocycles. The van der Waals surface area contributed by atoms with Crippen LogP contribution in [0.25, 0.3) is 21.7 Å². The van der Waals surface area contributed by atoms with Crippen LogP contribution in [0.2, 0.25) is 0 Å². The average Bonchev–Trinajstić information content (AvgIpc) is 2.28. The first kappa shape index (κ1) is 8.17. The summed E-state index contributed by atoms with van der Waals surface area (Å²) in [4.78, 5) is 8.22. The Kier molecular flexibility index (Phi) is 1.59. The largest absolute Gasteiger partial charge is 0.368 e. The summed E-state index contributed by atoms with van der Waals surface area (Å²) in [6, 6.07) is 12.2. The summed E-state index contributed by atoms with van der Waals surface area (Å²) in [7, 11) is 0. The molecule has 3 rings (SSSR count). The molecule has 0 radical (unpaired) electrons. The molecule has 0 amide bonds. The lowest BCUT2D eigenvalue weighted by Gasteiger charge is -2.02. The van der Waals surface area contributed by atoms with E-state index in [2.05, 4.69) is 22.1 Å². The van der Waals surface area contributed by atoms with Gasteiger partial charge in [0.2, 0.25) is 5.95 Å². The first-order valence-corrected chi connectivity index (χ1v) is 4.74. The first-order chi connectivity index (χ1) is 7.34. The minimum atomic E-state index is 0.317. The number of nitrogens with two attached hydrogens (primary N) is 1. The number of nitrogens with zero attached hydrogens (tertiary/aromatic N) is 2. The maximum atomic E-state index is 5.55. The van der Waals surface area contributed by atoms with Crippen LogP contribution in [-0.4, -0.2) is 9.97 Å². The predicted octanol–water partition coefficient (Wildman–Crippen LogP) is 2.37. The van der Waals surface area contributed by atoms with Crippen molar-refractivity contribution in [3.8, 4) is 0 Å². The maximum absolute atomic E-state index is 5.55. The van der Waals surface area contributed by atoms with Crippen LogP contribution >= 0.6 is 0 Å². The van der Waals surface area contributed by atoms with Crippen molar-refractivity contribution in [2.45, 2.75) is 0 Å². The normalized spacial score (nSPS) is 10.9. The van der Waals surface area contributed by atoms with E-state index >= 15 is 0 Å². The van der Waals surface area contributed by atoms with Gasteiger partial charge in [-0.2, -0.15) is 0 Å². The minimum absolute atomic E-state index is 0.317. The fraction of sp³-hybridized carbons (Fsp3) is 0. The van der Waals surface area contributed by atoms with Gasteiger partial charge in [0.1, 0.15) is 0 Å². The SMILES string of the molecule is Nc1ncc2c(ccc3ccccc32)n1. The molecule has 1 heterocycles. The zero-order valence-corrected chi connectivity index (χ0v) is 8.01. The van der Waals surface area contributed by atoms with Gasteiger partial charge in [-0.25, -0.2) is 9.97 Å². The number of hydrogen-bond acceptors (Lipinski definition) is 3. The Morgan fingerprint density at radius 3 is 2.73 bits per heavy atom. The highest BCUT2D eigenvalue weighted by Crippen LogP contribution is 2.23. The van der Waals surface area contributed by atoms with Crippen LogP contribution in [0.5, 0.6) is 0 Å². The molecule has 0 spiro atoms. The number of fused-ring (bicyclic) bond motifs is 3. The number of aromatic nitrogens is 2. The number of rotatable bonds is 0. The van der Waals surface area contributed by atoms with Gasteiger partial charge in [0.05, 0.1) is 5.52 Å². The summed E-state index contributed by atoms with van der Waals surface area (Å²) in [5.74, 6) is 0.317. The van der Waals surface area contributed by atoms with Gasteiger partial charge in [-0.15, -0.1) is 0 Å². The van der Waals surface area contributed by atoms with Gasteiger partial charge in [0, 0.05) is 11.6 Å². The van der Waals surface area contributed by atoms with Crippen molar-refractivity contribution in [3.63, 3.8) is 0 Å². The Balaban J connectivity index is 2.55. The van der Waals surface area contributed by atoms with E-state index in [1.165, 1.54) is 5.39 Å². The molecule has 0 fully saturated rings. The maximum Gasteiger partial charge on any atom is 0.220 e. The van der Waals surface area contributed by atoms with Crippen molar-refractivity contribution in [1.82, 2.24) is 9.97 Å². The van der Waals surface area contributed by atoms with E-state index in [4.69, 9.17) is 5.73 Å². The minimum Gasteiger partial charge on any atom is -0.368 e. The molecule has 3 aromatic rings. The Hall–Kier alpha value is -2.16. The zero-order valence-electron chi connectivity index (χ0n) is 8.01. The summed E-state index contributed by atoms with van der Waals surface area (Å²) >= 11 is 0. The Labute approximate surface area is 86.6 Å². The van der Waals surface area contributed by atoms with Crippen LogP contribution in [0.3, 0.4) is 0 Å². The van der Waals surface area contributed by atoms with E-state index < -0.39 is 0 Å². The van der Waals surface area contributed by atoms with E-state index in [1.807, 2.05) is 24.3 Å². The Bertz CT molecular complexity index is 646. The van der Waals surface area contributed by atoms with Crippen LogP contribution in [0.15, 0.2) is 42.6 Å². The van der Waals surface area contributed by atoms with Crippen molar-refractivity contribution >= 4 is 27.6 Å². The van der Waals surface area contributed by atoms with E-state index in [1.54, 1.807) is 6.20 Å². The molecule has 0 unspecified atom stereocenters. The van der Waals surface area contributed by atoms with Crippen molar-refractivity contribution < 1.29 is 0 Å². The monoisotopic (exact) mass is 195 g/mol. The molecule has 0 saturated carbocycles. The van der Waals surface area contributed by atoms with Gasteiger partial charge < -0.3 is 5.73 Å². The second-order valence-electron chi connectivity index (χ2n) is 3.45. The predicted molar refractivity (Wildman–Crippen MR) is 61.5 cm³/mol. The third-order valence-corrected chi connectivity index (χ3v) is 2.51. The number of nitrogen functional groups attached to an aromatic ring is 1. The van der Waals surface area contributed by atoms with E-state index in [0.29, 0.717) is 5.95 Å². The van der Waals surface area contributed by atoms with Crippen LogP contribution in [0, 0.1) is 0 Å². The van der Waals surface area contributed by atoms with Crippen LogP contribution < -0.4 is 5.73 Å². The van der Waals surface area contributed by atoms with Crippen LogP contribution in [-0.2, 0) is 0 Å². The Morgan fingerprint density at radius 1 is 0.933 bits per heavy atom. The summed E-state index contributed by atoms with van der Waals surface area (Å²) in [5, 5.41) is 3.40. The molecule has 15 heavy (non-hydrogen) atoms. The lowest BCUT2D eigenvalue weighted by molar-refractivity contribution is 1.24. The molecule has 2 N–H and O–H groups in total. The van der Waals surface area contributed by atoms with Crippen LogP contribution in [0.1, 0.15) is 0 Å². The molecular weight excluding hydrogens is 186 g/mol. The number of hydrogen-bond donors (Lipinski definition) is 1. The van der Waals surface area contributed by atoms with Gasteiger partial charge in [0.25, 0.3) is 0 Å². The smallest absolute Gasteiger partial charge is 0.220 e. The summed E-state index contributed by atoms with van der Waals surface area (Å²) in [6.07, 6.45) is 1.78. The Morgan fingerprint density at radius 2 is 1.80 bits per heavy atom. The fourth-order valence-electron chi connectivity index (χ4n) is 1.80. The highest BCUT2D eigenvalue weighted by molar-refractivity contribution is 6.05. The topological polar surface area (TPSA) is 51.8 Å². The first-order valence-electron chi connectivity index (χ1n) is 4.74. The van der Waals surface area contributed by atoms with Crippen molar-refractivity contribution in [3.05, 3.63) is 42.6 Å². The van der Waals surface area contributed by atoms with Crippen molar-refractivity contribution in [2.75, 3.05) is 5.73 Å². The van der Waals surface area contributed by atoms with Gasteiger partial charge >= 0.3 is 0 Å². The zero-order chi connectivity index (χ0) is 10.3. The van der Waals surface area contributed by atoms with Crippen LogP contribution in [0.4, 0.5) is 5.95 Å². The van der Waals surface area contributed by atoms with E-state index in [9.17, 15) is 0 Å². The third kappa shape index (κ3) is 1.21. The van der Waals surface area contributed by atoms with E-state index in [0.717, 1.165) is 16.3 Å². The highest BCUT2D eigenvalue weighted by atomic mass is 15.0. The number of anilines is 1. The van der Waals surface area contributed by atoms with Gasteiger partial charge in [-0.3, -0.25) is 0 Å². The van der Waals surface area contributed by atoms with Crippen molar-refractivity contribution in [2.24, 2.45) is 0 Å².